The molecule has 3 heteroatoms. The molecule has 3 nitrogen and oxygen atoms in total. The van der Waals surface area contributed by atoms with Crippen LogP contribution in [0.25, 0.3) is 0 Å². The highest BCUT2D eigenvalue weighted by Gasteiger charge is 2.24. The maximum absolute atomic E-state index is 11.5. The Bertz CT molecular complexity index is 198. The van der Waals surface area contributed by atoms with E-state index in [1.165, 1.54) is 38.5 Å². The molecule has 1 atom stereocenters. The van der Waals surface area contributed by atoms with Gasteiger partial charge in [-0.2, -0.15) is 0 Å². The van der Waals surface area contributed by atoms with E-state index < -0.39 is 0 Å². The van der Waals surface area contributed by atoms with Gasteiger partial charge in [-0.1, -0.05) is 38.5 Å². The van der Waals surface area contributed by atoms with Crippen LogP contribution in [0.5, 0.6) is 0 Å². The van der Waals surface area contributed by atoms with Gasteiger partial charge in [0.05, 0.1) is 6.61 Å². The van der Waals surface area contributed by atoms with Gasteiger partial charge in [-0.15, -0.1) is 0 Å². The molecule has 1 rings (SSSR count). The second kappa shape index (κ2) is 7.66. The van der Waals surface area contributed by atoms with E-state index >= 15 is 0 Å². The molecule has 94 valence electrons. The van der Waals surface area contributed by atoms with Crippen LogP contribution in [0.4, 0.5) is 0 Å². The smallest absolute Gasteiger partial charge is 0.306 e. The Morgan fingerprint density at radius 2 is 1.94 bits per heavy atom. The summed E-state index contributed by atoms with van der Waals surface area (Å²) in [6.45, 7) is 2.94. The molecule has 1 aliphatic carbocycles. The predicted octanol–water partition coefficient (Wildman–Crippen LogP) is 2.48. The SMILES string of the molecule is CCOC(=O)C[C@@H](CN)C1CCCCCC1. The molecule has 0 saturated heterocycles. The second-order valence-electron chi connectivity index (χ2n) is 4.76. The van der Waals surface area contributed by atoms with E-state index in [-0.39, 0.29) is 5.97 Å². The van der Waals surface area contributed by atoms with Crippen molar-refractivity contribution < 1.29 is 9.53 Å². The summed E-state index contributed by atoms with van der Waals surface area (Å²) in [5.74, 6) is 0.885. The van der Waals surface area contributed by atoms with Crippen LogP contribution in [0.15, 0.2) is 0 Å². The summed E-state index contributed by atoms with van der Waals surface area (Å²) in [4.78, 5) is 11.5. The van der Waals surface area contributed by atoms with Crippen molar-refractivity contribution in [2.24, 2.45) is 17.6 Å². The minimum Gasteiger partial charge on any atom is -0.466 e. The largest absolute Gasteiger partial charge is 0.466 e. The topological polar surface area (TPSA) is 52.3 Å². The van der Waals surface area contributed by atoms with Crippen molar-refractivity contribution in [1.82, 2.24) is 0 Å². The van der Waals surface area contributed by atoms with Gasteiger partial charge in [0, 0.05) is 6.42 Å². The van der Waals surface area contributed by atoms with E-state index in [4.69, 9.17) is 10.5 Å². The van der Waals surface area contributed by atoms with Crippen LogP contribution in [0.1, 0.15) is 51.9 Å². The molecule has 0 radical (unpaired) electrons. The van der Waals surface area contributed by atoms with Gasteiger partial charge in [0.2, 0.25) is 0 Å². The van der Waals surface area contributed by atoms with E-state index in [9.17, 15) is 4.79 Å². The molecule has 0 aliphatic heterocycles. The lowest BCUT2D eigenvalue weighted by Gasteiger charge is -2.23. The van der Waals surface area contributed by atoms with Crippen molar-refractivity contribution in [2.75, 3.05) is 13.2 Å². The van der Waals surface area contributed by atoms with Crippen LogP contribution in [-0.2, 0) is 9.53 Å². The Hall–Kier alpha value is -0.570. The van der Waals surface area contributed by atoms with Gasteiger partial charge in [0.15, 0.2) is 0 Å². The molecule has 0 unspecified atom stereocenters. The molecule has 2 N–H and O–H groups in total. The Labute approximate surface area is 98.7 Å². The number of rotatable bonds is 5. The zero-order valence-electron chi connectivity index (χ0n) is 10.4. The second-order valence-corrected chi connectivity index (χ2v) is 4.76. The number of esters is 1. The van der Waals surface area contributed by atoms with Crippen molar-refractivity contribution in [2.45, 2.75) is 51.9 Å². The first kappa shape index (κ1) is 13.5. The number of ether oxygens (including phenoxy) is 1. The summed E-state index contributed by atoms with van der Waals surface area (Å²) in [6.07, 6.45) is 8.26. The standard InChI is InChI=1S/C13H25NO2/c1-2-16-13(15)9-12(10-14)11-7-5-3-4-6-8-11/h11-12H,2-10,14H2,1H3/t12-/m0/s1. The first-order valence-electron chi connectivity index (χ1n) is 6.63. The summed E-state index contributed by atoms with van der Waals surface area (Å²) in [5, 5.41) is 0. The fraction of sp³-hybridized carbons (Fsp3) is 0.923. The molecule has 0 heterocycles. The number of hydrogen-bond donors (Lipinski definition) is 1. The van der Waals surface area contributed by atoms with Crippen molar-refractivity contribution in [3.63, 3.8) is 0 Å². The van der Waals surface area contributed by atoms with Crippen LogP contribution in [0, 0.1) is 11.8 Å². The Kier molecular flexibility index (Phi) is 6.46. The van der Waals surface area contributed by atoms with Gasteiger partial charge < -0.3 is 10.5 Å². The third-order valence-electron chi connectivity index (χ3n) is 3.60. The molecular formula is C13H25NO2. The van der Waals surface area contributed by atoms with E-state index in [2.05, 4.69) is 0 Å². The van der Waals surface area contributed by atoms with Crippen LogP contribution >= 0.6 is 0 Å². The van der Waals surface area contributed by atoms with Crippen molar-refractivity contribution in [1.29, 1.82) is 0 Å². The average molecular weight is 227 g/mol. The zero-order valence-corrected chi connectivity index (χ0v) is 10.4. The molecule has 0 aromatic carbocycles. The highest BCUT2D eigenvalue weighted by molar-refractivity contribution is 5.69. The lowest BCUT2D eigenvalue weighted by atomic mass is 9.84. The first-order valence-corrected chi connectivity index (χ1v) is 6.63. The summed E-state index contributed by atoms with van der Waals surface area (Å²) in [6, 6.07) is 0. The molecule has 0 bridgehead atoms. The summed E-state index contributed by atoms with van der Waals surface area (Å²) in [5.41, 5.74) is 5.79. The quantitative estimate of drug-likeness (QED) is 0.580. The third kappa shape index (κ3) is 4.52. The summed E-state index contributed by atoms with van der Waals surface area (Å²) >= 11 is 0. The van der Waals surface area contributed by atoms with Crippen LogP contribution in [-0.4, -0.2) is 19.1 Å². The van der Waals surface area contributed by atoms with Gasteiger partial charge in [0.25, 0.3) is 0 Å². The predicted molar refractivity (Wildman–Crippen MR) is 65.0 cm³/mol. The van der Waals surface area contributed by atoms with Crippen LogP contribution in [0.3, 0.4) is 0 Å². The molecule has 1 saturated carbocycles. The van der Waals surface area contributed by atoms with Gasteiger partial charge in [0.1, 0.15) is 0 Å². The minimum absolute atomic E-state index is 0.0813. The maximum Gasteiger partial charge on any atom is 0.306 e. The average Bonchev–Trinajstić information content (AvgIpc) is 2.55. The molecule has 0 spiro atoms. The van der Waals surface area contributed by atoms with Crippen molar-refractivity contribution >= 4 is 5.97 Å². The molecular weight excluding hydrogens is 202 g/mol. The lowest BCUT2D eigenvalue weighted by molar-refractivity contribution is -0.144. The van der Waals surface area contributed by atoms with Crippen LogP contribution < -0.4 is 5.73 Å². The van der Waals surface area contributed by atoms with E-state index in [0.29, 0.717) is 31.4 Å². The van der Waals surface area contributed by atoms with Crippen molar-refractivity contribution in [3.8, 4) is 0 Å². The normalized spacial score (nSPS) is 20.1. The number of hydrogen-bond acceptors (Lipinski definition) is 3. The highest BCUT2D eigenvalue weighted by atomic mass is 16.5. The van der Waals surface area contributed by atoms with Crippen molar-refractivity contribution in [3.05, 3.63) is 0 Å². The molecule has 0 amide bonds. The number of carbonyl (C=O) groups is 1. The van der Waals surface area contributed by atoms with Gasteiger partial charge in [-0.25, -0.2) is 0 Å². The number of carbonyl (C=O) groups excluding carboxylic acids is 1. The molecule has 1 fully saturated rings. The third-order valence-corrected chi connectivity index (χ3v) is 3.60. The first-order chi connectivity index (χ1) is 7.77. The highest BCUT2D eigenvalue weighted by Crippen LogP contribution is 2.30. The summed E-state index contributed by atoms with van der Waals surface area (Å²) < 4.78 is 5.00. The molecule has 16 heavy (non-hydrogen) atoms. The zero-order chi connectivity index (χ0) is 11.8. The fourth-order valence-corrected chi connectivity index (χ4v) is 2.66. The Morgan fingerprint density at radius 3 is 2.44 bits per heavy atom. The van der Waals surface area contributed by atoms with Crippen LogP contribution in [0.2, 0.25) is 0 Å². The van der Waals surface area contributed by atoms with Gasteiger partial charge in [-0.05, 0) is 25.3 Å². The monoisotopic (exact) mass is 227 g/mol. The summed E-state index contributed by atoms with van der Waals surface area (Å²) in [7, 11) is 0. The fourth-order valence-electron chi connectivity index (χ4n) is 2.66. The van der Waals surface area contributed by atoms with E-state index in [1.807, 2.05) is 6.92 Å². The van der Waals surface area contributed by atoms with Gasteiger partial charge >= 0.3 is 5.97 Å². The molecule has 0 aromatic rings. The van der Waals surface area contributed by atoms with E-state index in [0.717, 1.165) is 0 Å². The Balaban J connectivity index is 2.41. The van der Waals surface area contributed by atoms with Gasteiger partial charge in [-0.3, -0.25) is 4.79 Å². The lowest BCUT2D eigenvalue weighted by Crippen LogP contribution is -2.26. The van der Waals surface area contributed by atoms with E-state index in [1.54, 1.807) is 0 Å². The Morgan fingerprint density at radius 1 is 1.31 bits per heavy atom. The minimum atomic E-state index is -0.0813. The molecule has 0 aromatic heterocycles. The maximum atomic E-state index is 11.5. The molecule has 1 aliphatic rings. The number of nitrogens with two attached hydrogens (primary N) is 1.